The molecule has 4 heteroatoms. The van der Waals surface area contributed by atoms with E-state index >= 15 is 0 Å². The smallest absolute Gasteiger partial charge is 0.122 e. The molecule has 0 atom stereocenters. The quantitative estimate of drug-likeness (QED) is 0.782. The van der Waals surface area contributed by atoms with Crippen LogP contribution < -0.4 is 10.5 Å². The van der Waals surface area contributed by atoms with Crippen molar-refractivity contribution in [3.63, 3.8) is 0 Å². The molecule has 0 saturated heterocycles. The average Bonchev–Trinajstić information content (AvgIpc) is 2.52. The molecule has 0 heterocycles. The first kappa shape index (κ1) is 16.3. The molecule has 22 heavy (non-hydrogen) atoms. The van der Waals surface area contributed by atoms with Gasteiger partial charge in [-0.05, 0) is 36.2 Å². The summed E-state index contributed by atoms with van der Waals surface area (Å²) in [5, 5.41) is 8.47. The molecule has 0 aliphatic rings. The van der Waals surface area contributed by atoms with Gasteiger partial charge < -0.3 is 10.5 Å². The van der Waals surface area contributed by atoms with Crippen molar-refractivity contribution in [3.05, 3.63) is 75.4 Å². The number of halogens is 1. The molecule has 2 aromatic rings. The molecule has 0 radical (unpaired) electrons. The van der Waals surface area contributed by atoms with E-state index in [9.17, 15) is 0 Å². The Labute approximate surface area is 139 Å². The Morgan fingerprint density at radius 1 is 1.14 bits per heavy atom. The number of hydrogen-bond donors (Lipinski definition) is 2. The van der Waals surface area contributed by atoms with Crippen molar-refractivity contribution >= 4 is 21.6 Å². The number of para-hydroxylation sites is 1. The number of ether oxygens (including phenoxy) is 1. The predicted molar refractivity (Wildman–Crippen MR) is 94.6 cm³/mol. The molecule has 0 aliphatic heterocycles. The van der Waals surface area contributed by atoms with Crippen LogP contribution in [0.15, 0.2) is 64.3 Å². The first-order valence-electron chi connectivity index (χ1n) is 6.95. The first-order chi connectivity index (χ1) is 10.5. The number of rotatable bonds is 5. The third kappa shape index (κ3) is 3.77. The number of nitrogens with two attached hydrogens (primary N) is 1. The van der Waals surface area contributed by atoms with Crippen molar-refractivity contribution in [2.45, 2.75) is 13.3 Å². The molecular weight excluding hydrogens is 340 g/mol. The minimum Gasteiger partial charge on any atom is -0.496 e. The Balaban J connectivity index is 2.34. The molecule has 0 unspecified atom stereocenters. The average molecular weight is 359 g/mol. The van der Waals surface area contributed by atoms with Crippen LogP contribution in [0.5, 0.6) is 5.75 Å². The highest BCUT2D eigenvalue weighted by Crippen LogP contribution is 2.24. The molecular formula is C18H19BrN2O. The van der Waals surface area contributed by atoms with E-state index in [0.29, 0.717) is 17.8 Å². The second-order valence-corrected chi connectivity index (χ2v) is 5.95. The molecule has 3 nitrogen and oxygen atoms in total. The van der Waals surface area contributed by atoms with Crippen LogP contribution in [0.1, 0.15) is 18.1 Å². The number of methoxy groups -OCH3 is 1. The zero-order chi connectivity index (χ0) is 16.1. The van der Waals surface area contributed by atoms with Crippen LogP contribution in [0.3, 0.4) is 0 Å². The summed E-state index contributed by atoms with van der Waals surface area (Å²) in [4.78, 5) is 0. The molecule has 0 aromatic heterocycles. The van der Waals surface area contributed by atoms with Crippen LogP contribution in [0.2, 0.25) is 0 Å². The Kier molecular flexibility index (Phi) is 5.39. The number of allylic oxidation sites excluding steroid dienone is 2. The predicted octanol–water partition coefficient (Wildman–Crippen LogP) is 4.30. The van der Waals surface area contributed by atoms with Crippen molar-refractivity contribution in [2.24, 2.45) is 5.73 Å². The van der Waals surface area contributed by atoms with Gasteiger partial charge in [0.25, 0.3) is 0 Å². The van der Waals surface area contributed by atoms with Gasteiger partial charge in [-0.3, -0.25) is 5.41 Å². The van der Waals surface area contributed by atoms with E-state index in [4.69, 9.17) is 15.9 Å². The Morgan fingerprint density at radius 3 is 2.36 bits per heavy atom. The summed E-state index contributed by atoms with van der Waals surface area (Å²) in [5.74, 6) is 0.810. The van der Waals surface area contributed by atoms with E-state index in [-0.39, 0.29) is 0 Å². The molecule has 3 N–H and O–H groups in total. The van der Waals surface area contributed by atoms with E-state index in [1.165, 1.54) is 0 Å². The molecule has 0 saturated carbocycles. The van der Waals surface area contributed by atoms with Gasteiger partial charge in [-0.15, -0.1) is 0 Å². The summed E-state index contributed by atoms with van der Waals surface area (Å²) in [7, 11) is 1.65. The molecule has 114 valence electrons. The van der Waals surface area contributed by atoms with Gasteiger partial charge in [-0.1, -0.05) is 46.3 Å². The minimum absolute atomic E-state index is 0.443. The Hall–Kier alpha value is -2.07. The van der Waals surface area contributed by atoms with Gasteiger partial charge in [0.1, 0.15) is 5.75 Å². The van der Waals surface area contributed by atoms with Crippen LogP contribution in [0, 0.1) is 5.41 Å². The summed E-state index contributed by atoms with van der Waals surface area (Å²) >= 11 is 3.41. The van der Waals surface area contributed by atoms with Crippen LogP contribution >= 0.6 is 15.9 Å². The van der Waals surface area contributed by atoms with E-state index in [1.54, 1.807) is 7.11 Å². The second-order valence-electron chi connectivity index (χ2n) is 5.03. The van der Waals surface area contributed by atoms with Gasteiger partial charge >= 0.3 is 0 Å². The van der Waals surface area contributed by atoms with Gasteiger partial charge in [0.15, 0.2) is 0 Å². The standard InChI is InChI=1S/C18H19BrN2O/c1-12(20)16(11-14-5-3-4-6-17(14)22-2)18(21)13-7-9-15(19)10-8-13/h3-10,21H,11,20H2,1-2H3. The van der Waals surface area contributed by atoms with E-state index in [2.05, 4.69) is 15.9 Å². The second kappa shape index (κ2) is 7.27. The molecule has 0 spiro atoms. The maximum absolute atomic E-state index is 8.47. The zero-order valence-electron chi connectivity index (χ0n) is 12.7. The maximum atomic E-state index is 8.47. The largest absolute Gasteiger partial charge is 0.496 e. The monoisotopic (exact) mass is 358 g/mol. The highest BCUT2D eigenvalue weighted by Gasteiger charge is 2.13. The third-order valence-corrected chi connectivity index (χ3v) is 4.00. The molecule has 0 amide bonds. The van der Waals surface area contributed by atoms with E-state index < -0.39 is 0 Å². The summed E-state index contributed by atoms with van der Waals surface area (Å²) < 4.78 is 6.38. The minimum atomic E-state index is 0.443. The van der Waals surface area contributed by atoms with Gasteiger partial charge in [0.05, 0.1) is 12.8 Å². The van der Waals surface area contributed by atoms with Crippen LogP contribution in [0.25, 0.3) is 0 Å². The fraction of sp³-hybridized carbons (Fsp3) is 0.167. The number of nitrogens with one attached hydrogen (secondary N) is 1. The summed E-state index contributed by atoms with van der Waals surface area (Å²) in [6.07, 6.45) is 0.571. The lowest BCUT2D eigenvalue weighted by molar-refractivity contribution is 0.410. The number of hydrogen-bond acceptors (Lipinski definition) is 3. The first-order valence-corrected chi connectivity index (χ1v) is 7.74. The van der Waals surface area contributed by atoms with E-state index in [1.807, 2.05) is 55.5 Å². The SMILES string of the molecule is COc1ccccc1CC(C(=N)c1ccc(Br)cc1)=C(C)N. The lowest BCUT2D eigenvalue weighted by atomic mass is 9.94. The number of benzene rings is 2. The summed E-state index contributed by atoms with van der Waals surface area (Å²) in [6.45, 7) is 1.83. The van der Waals surface area contributed by atoms with Crippen molar-refractivity contribution in [1.29, 1.82) is 5.41 Å². The van der Waals surface area contributed by atoms with Crippen molar-refractivity contribution in [1.82, 2.24) is 0 Å². The Bertz CT molecular complexity index is 701. The highest BCUT2D eigenvalue weighted by molar-refractivity contribution is 9.10. The fourth-order valence-corrected chi connectivity index (χ4v) is 2.52. The molecule has 0 bridgehead atoms. The molecule has 0 aliphatic carbocycles. The topological polar surface area (TPSA) is 59.1 Å². The van der Waals surface area contributed by atoms with Crippen LogP contribution in [-0.4, -0.2) is 12.8 Å². The summed E-state index contributed by atoms with van der Waals surface area (Å²) in [5.41, 5.74) is 9.80. The van der Waals surface area contributed by atoms with Gasteiger partial charge in [-0.2, -0.15) is 0 Å². The lowest BCUT2D eigenvalue weighted by Gasteiger charge is -2.14. The maximum Gasteiger partial charge on any atom is 0.122 e. The van der Waals surface area contributed by atoms with Crippen molar-refractivity contribution in [2.75, 3.05) is 7.11 Å². The van der Waals surface area contributed by atoms with Crippen LogP contribution in [0.4, 0.5) is 0 Å². The van der Waals surface area contributed by atoms with Gasteiger partial charge in [0, 0.05) is 22.2 Å². The molecule has 0 fully saturated rings. The normalized spacial score (nSPS) is 11.8. The lowest BCUT2D eigenvalue weighted by Crippen LogP contribution is -2.12. The fourth-order valence-electron chi connectivity index (χ4n) is 2.26. The molecule has 2 aromatic carbocycles. The van der Waals surface area contributed by atoms with E-state index in [0.717, 1.165) is 26.9 Å². The Morgan fingerprint density at radius 2 is 1.77 bits per heavy atom. The summed E-state index contributed by atoms with van der Waals surface area (Å²) in [6, 6.07) is 15.5. The van der Waals surface area contributed by atoms with Crippen LogP contribution in [-0.2, 0) is 6.42 Å². The molecule has 2 rings (SSSR count). The van der Waals surface area contributed by atoms with Gasteiger partial charge in [0.2, 0.25) is 0 Å². The third-order valence-electron chi connectivity index (χ3n) is 3.47. The van der Waals surface area contributed by atoms with Crippen molar-refractivity contribution in [3.8, 4) is 5.75 Å². The zero-order valence-corrected chi connectivity index (χ0v) is 14.3. The van der Waals surface area contributed by atoms with Gasteiger partial charge in [-0.25, -0.2) is 0 Å². The highest BCUT2D eigenvalue weighted by atomic mass is 79.9. The van der Waals surface area contributed by atoms with Crippen molar-refractivity contribution < 1.29 is 4.74 Å².